The number of aromatic nitrogens is 2. The van der Waals surface area contributed by atoms with Crippen molar-refractivity contribution in [1.82, 2.24) is 9.55 Å². The van der Waals surface area contributed by atoms with Crippen molar-refractivity contribution in [2.24, 2.45) is 0 Å². The first-order valence-electron chi connectivity index (χ1n) is 5.67. The second kappa shape index (κ2) is 5.67. The van der Waals surface area contributed by atoms with Crippen LogP contribution in [0.5, 0.6) is 0 Å². The van der Waals surface area contributed by atoms with Crippen molar-refractivity contribution in [1.29, 1.82) is 0 Å². The minimum atomic E-state index is -0.868. The van der Waals surface area contributed by atoms with Crippen LogP contribution in [0.3, 0.4) is 0 Å². The molecular formula is C13H13ClN2O2S. The molecule has 0 saturated carbocycles. The fourth-order valence-corrected chi connectivity index (χ4v) is 2.76. The van der Waals surface area contributed by atoms with E-state index in [9.17, 15) is 4.79 Å². The van der Waals surface area contributed by atoms with Crippen LogP contribution in [0.2, 0.25) is 5.02 Å². The molecule has 0 aliphatic carbocycles. The zero-order valence-corrected chi connectivity index (χ0v) is 11.9. The van der Waals surface area contributed by atoms with E-state index in [0.717, 1.165) is 11.0 Å². The third-order valence-electron chi connectivity index (χ3n) is 2.69. The number of carbonyl (C=O) groups is 1. The molecule has 0 aliphatic heterocycles. The number of allylic oxidation sites excluding steroid dienone is 1. The average molecular weight is 297 g/mol. The number of hydrogen-bond donors (Lipinski definition) is 1. The number of hydrogen-bond acceptors (Lipinski definition) is 3. The van der Waals surface area contributed by atoms with E-state index in [4.69, 9.17) is 16.7 Å². The maximum absolute atomic E-state index is 10.7. The molecule has 1 unspecified atom stereocenters. The van der Waals surface area contributed by atoms with Gasteiger partial charge in [0.1, 0.15) is 0 Å². The third-order valence-corrected chi connectivity index (χ3v) is 3.86. The number of thioether (sulfide) groups is 1. The van der Waals surface area contributed by atoms with Crippen LogP contribution < -0.4 is 0 Å². The van der Waals surface area contributed by atoms with Gasteiger partial charge in [-0.15, -0.1) is 6.58 Å². The SMILES string of the molecule is C=CC(C)n1c(SCC(=O)O)nc2cc(Cl)ccc21. The number of fused-ring (bicyclic) bond motifs is 1. The number of imidazole rings is 1. The van der Waals surface area contributed by atoms with Crippen molar-refractivity contribution in [3.05, 3.63) is 35.9 Å². The monoisotopic (exact) mass is 296 g/mol. The molecule has 1 heterocycles. The quantitative estimate of drug-likeness (QED) is 0.676. The fourth-order valence-electron chi connectivity index (χ4n) is 1.78. The maximum Gasteiger partial charge on any atom is 0.313 e. The Morgan fingerprint density at radius 3 is 3.05 bits per heavy atom. The lowest BCUT2D eigenvalue weighted by Crippen LogP contribution is -2.05. The molecule has 2 rings (SSSR count). The molecule has 0 spiro atoms. The molecular weight excluding hydrogens is 284 g/mol. The summed E-state index contributed by atoms with van der Waals surface area (Å²) >= 11 is 7.14. The van der Waals surface area contributed by atoms with E-state index in [2.05, 4.69) is 11.6 Å². The molecule has 4 nitrogen and oxygen atoms in total. The summed E-state index contributed by atoms with van der Waals surface area (Å²) in [6, 6.07) is 5.48. The van der Waals surface area contributed by atoms with E-state index in [1.807, 2.05) is 17.6 Å². The molecule has 0 radical (unpaired) electrons. The van der Waals surface area contributed by atoms with Crippen LogP contribution in [0.15, 0.2) is 36.0 Å². The van der Waals surface area contributed by atoms with Gasteiger partial charge < -0.3 is 9.67 Å². The summed E-state index contributed by atoms with van der Waals surface area (Å²) in [5.74, 6) is -0.895. The van der Waals surface area contributed by atoms with Crippen LogP contribution in [0.4, 0.5) is 0 Å². The summed E-state index contributed by atoms with van der Waals surface area (Å²) in [6.45, 7) is 5.76. The van der Waals surface area contributed by atoms with Gasteiger partial charge in [-0.2, -0.15) is 0 Å². The molecule has 2 aromatic rings. The van der Waals surface area contributed by atoms with Crippen LogP contribution >= 0.6 is 23.4 Å². The standard InChI is InChI=1S/C13H13ClN2O2S/c1-3-8(2)16-11-5-4-9(14)6-10(11)15-13(16)19-7-12(17)18/h3-6,8H,1,7H2,2H3,(H,17,18). The summed E-state index contributed by atoms with van der Waals surface area (Å²) in [6.07, 6.45) is 1.79. The van der Waals surface area contributed by atoms with Crippen molar-refractivity contribution in [2.45, 2.75) is 18.1 Å². The molecule has 1 aromatic carbocycles. The Morgan fingerprint density at radius 2 is 2.42 bits per heavy atom. The fraction of sp³-hybridized carbons (Fsp3) is 0.231. The van der Waals surface area contributed by atoms with Gasteiger partial charge in [-0.05, 0) is 25.1 Å². The highest BCUT2D eigenvalue weighted by atomic mass is 35.5. The molecule has 6 heteroatoms. The lowest BCUT2D eigenvalue weighted by atomic mass is 10.3. The second-order valence-corrected chi connectivity index (χ2v) is 5.44. The smallest absolute Gasteiger partial charge is 0.313 e. The van der Waals surface area contributed by atoms with Crippen molar-refractivity contribution < 1.29 is 9.90 Å². The summed E-state index contributed by atoms with van der Waals surface area (Å²) in [5, 5.41) is 10.1. The number of benzene rings is 1. The van der Waals surface area contributed by atoms with Crippen LogP contribution in [0.25, 0.3) is 11.0 Å². The largest absolute Gasteiger partial charge is 0.481 e. The van der Waals surface area contributed by atoms with Gasteiger partial charge in [-0.25, -0.2) is 4.98 Å². The highest BCUT2D eigenvalue weighted by Gasteiger charge is 2.15. The summed E-state index contributed by atoms with van der Waals surface area (Å²) < 4.78 is 1.96. The molecule has 0 aliphatic rings. The number of nitrogens with zero attached hydrogens (tertiary/aromatic N) is 2. The van der Waals surface area contributed by atoms with E-state index < -0.39 is 5.97 Å². The lowest BCUT2D eigenvalue weighted by Gasteiger charge is -2.12. The predicted molar refractivity (Wildman–Crippen MR) is 78.0 cm³/mol. The normalized spacial score (nSPS) is 12.5. The van der Waals surface area contributed by atoms with Gasteiger partial charge in [0.25, 0.3) is 0 Å². The highest BCUT2D eigenvalue weighted by Crippen LogP contribution is 2.29. The lowest BCUT2D eigenvalue weighted by molar-refractivity contribution is -0.133. The van der Waals surface area contributed by atoms with E-state index in [-0.39, 0.29) is 11.8 Å². The van der Waals surface area contributed by atoms with Gasteiger partial charge in [0.05, 0.1) is 22.8 Å². The predicted octanol–water partition coefficient (Wildman–Crippen LogP) is 3.61. The Bertz CT molecular complexity index is 639. The summed E-state index contributed by atoms with van der Waals surface area (Å²) in [4.78, 5) is 15.1. The Labute approximate surface area is 120 Å². The third kappa shape index (κ3) is 2.93. The summed E-state index contributed by atoms with van der Waals surface area (Å²) in [7, 11) is 0. The van der Waals surface area contributed by atoms with Crippen molar-refractivity contribution in [3.8, 4) is 0 Å². The number of rotatable bonds is 5. The first-order valence-corrected chi connectivity index (χ1v) is 7.04. The Morgan fingerprint density at radius 1 is 1.68 bits per heavy atom. The Kier molecular flexibility index (Phi) is 4.17. The molecule has 0 saturated heterocycles. The molecule has 0 fully saturated rings. The molecule has 1 aromatic heterocycles. The first kappa shape index (κ1) is 14.0. The Balaban J connectivity index is 2.53. The minimum absolute atomic E-state index is 0.0269. The second-order valence-electron chi connectivity index (χ2n) is 4.06. The zero-order valence-electron chi connectivity index (χ0n) is 10.3. The van der Waals surface area contributed by atoms with Gasteiger partial charge in [-0.1, -0.05) is 29.4 Å². The highest BCUT2D eigenvalue weighted by molar-refractivity contribution is 7.99. The van der Waals surface area contributed by atoms with Gasteiger partial charge in [-0.3, -0.25) is 4.79 Å². The maximum atomic E-state index is 10.7. The Hall–Kier alpha value is -1.46. The number of aliphatic carboxylic acids is 1. The molecule has 0 bridgehead atoms. The van der Waals surface area contributed by atoms with E-state index in [1.165, 1.54) is 11.8 Å². The molecule has 1 N–H and O–H groups in total. The molecule has 1 atom stereocenters. The van der Waals surface area contributed by atoms with Crippen molar-refractivity contribution in [3.63, 3.8) is 0 Å². The molecule has 100 valence electrons. The van der Waals surface area contributed by atoms with E-state index in [0.29, 0.717) is 10.2 Å². The minimum Gasteiger partial charge on any atom is -0.481 e. The number of carboxylic acids is 1. The molecule has 0 amide bonds. The van der Waals surface area contributed by atoms with Crippen LogP contribution in [0.1, 0.15) is 13.0 Å². The van der Waals surface area contributed by atoms with Crippen LogP contribution in [-0.4, -0.2) is 26.4 Å². The van der Waals surface area contributed by atoms with Crippen LogP contribution in [0, 0.1) is 0 Å². The van der Waals surface area contributed by atoms with Gasteiger partial charge >= 0.3 is 5.97 Å². The van der Waals surface area contributed by atoms with Gasteiger partial charge in [0.15, 0.2) is 5.16 Å². The summed E-state index contributed by atoms with van der Waals surface area (Å²) in [5.41, 5.74) is 1.68. The molecule has 19 heavy (non-hydrogen) atoms. The topological polar surface area (TPSA) is 55.1 Å². The number of halogens is 1. The van der Waals surface area contributed by atoms with Crippen molar-refractivity contribution in [2.75, 3.05) is 5.75 Å². The zero-order chi connectivity index (χ0) is 14.0. The average Bonchev–Trinajstić information content (AvgIpc) is 2.72. The van der Waals surface area contributed by atoms with Crippen LogP contribution in [-0.2, 0) is 4.79 Å². The first-order chi connectivity index (χ1) is 9.02. The van der Waals surface area contributed by atoms with E-state index in [1.54, 1.807) is 18.2 Å². The van der Waals surface area contributed by atoms with E-state index >= 15 is 0 Å². The number of carboxylic acid groups (broad SMARTS) is 1. The van der Waals surface area contributed by atoms with Gasteiger partial charge in [0, 0.05) is 5.02 Å². The van der Waals surface area contributed by atoms with Gasteiger partial charge in [0.2, 0.25) is 0 Å². The van der Waals surface area contributed by atoms with Crippen molar-refractivity contribution >= 4 is 40.4 Å².